The van der Waals surface area contributed by atoms with Crippen molar-refractivity contribution >= 4 is 6.09 Å². The minimum atomic E-state index is -0.578. The van der Waals surface area contributed by atoms with Gasteiger partial charge in [-0.3, -0.25) is 0 Å². The maximum atomic E-state index is 12.0. The number of carbonyl (C=O) groups is 1. The second kappa shape index (κ2) is 8.30. The van der Waals surface area contributed by atoms with E-state index in [1.165, 1.54) is 12.1 Å². The zero-order chi connectivity index (χ0) is 18.4. The van der Waals surface area contributed by atoms with E-state index in [0.717, 1.165) is 16.7 Å². The van der Waals surface area contributed by atoms with Crippen molar-refractivity contribution in [2.45, 2.75) is 31.6 Å². The van der Waals surface area contributed by atoms with Crippen molar-refractivity contribution in [1.82, 2.24) is 10.0 Å². The number of amides is 1. The Kier molecular flexibility index (Phi) is 5.65. The highest BCUT2D eigenvalue weighted by Gasteiger charge is 2.27. The number of alkyl carbamates (subject to hydrolysis) is 1. The Morgan fingerprint density at radius 2 is 1.88 bits per heavy atom. The number of hydrogen-bond donors (Lipinski definition) is 3. The van der Waals surface area contributed by atoms with Gasteiger partial charge in [-0.05, 0) is 18.4 Å². The number of rotatable bonds is 6. The van der Waals surface area contributed by atoms with Crippen LogP contribution in [0.1, 0.15) is 18.4 Å². The van der Waals surface area contributed by atoms with Gasteiger partial charge in [0.05, 0.1) is 6.04 Å². The lowest BCUT2D eigenvalue weighted by atomic mass is 10.00. The van der Waals surface area contributed by atoms with E-state index < -0.39 is 18.2 Å². The summed E-state index contributed by atoms with van der Waals surface area (Å²) in [7, 11) is 0. The molecule has 2 atom stereocenters. The molecule has 0 saturated heterocycles. The van der Waals surface area contributed by atoms with Crippen LogP contribution in [0.4, 0.5) is 4.79 Å². The molecule has 1 aliphatic carbocycles. The van der Waals surface area contributed by atoms with Crippen molar-refractivity contribution in [3.8, 4) is 11.8 Å². The van der Waals surface area contributed by atoms with Crippen LogP contribution in [0.5, 0.6) is 11.8 Å². The quantitative estimate of drug-likeness (QED) is 0.415. The Balaban J connectivity index is 1.52. The van der Waals surface area contributed by atoms with E-state index in [0.29, 0.717) is 6.42 Å². The topological polar surface area (TPSA) is 102 Å². The molecule has 1 amide bonds. The molecule has 3 N–H and O–H groups in total. The molecule has 8 heteroatoms. The molecule has 0 spiro atoms. The lowest BCUT2D eigenvalue weighted by Crippen LogP contribution is -2.45. The molecule has 138 valence electrons. The summed E-state index contributed by atoms with van der Waals surface area (Å²) in [4.78, 5) is 22.3. The van der Waals surface area contributed by atoms with Crippen LogP contribution in [0.2, 0.25) is 0 Å². The Labute approximate surface area is 150 Å². The summed E-state index contributed by atoms with van der Waals surface area (Å²) >= 11 is 0. The molecule has 8 nitrogen and oxygen atoms in total. The average Bonchev–Trinajstić information content (AvgIpc) is 2.98. The van der Waals surface area contributed by atoms with E-state index >= 15 is 0 Å². The maximum Gasteiger partial charge on any atom is 0.408 e. The molecule has 2 aromatic rings. The number of hydrogen-bond acceptors (Lipinski definition) is 6. The van der Waals surface area contributed by atoms with Crippen molar-refractivity contribution in [3.63, 3.8) is 0 Å². The molecule has 0 fully saturated rings. The fourth-order valence-corrected chi connectivity index (χ4v) is 2.53. The molecule has 26 heavy (non-hydrogen) atoms. The molecule has 1 aliphatic rings. The van der Waals surface area contributed by atoms with Crippen LogP contribution < -0.4 is 10.3 Å². The summed E-state index contributed by atoms with van der Waals surface area (Å²) in [5, 5.41) is 21.8. The summed E-state index contributed by atoms with van der Waals surface area (Å²) in [6.07, 6.45) is 3.96. The van der Waals surface area contributed by atoms with Crippen molar-refractivity contribution in [2.75, 3.05) is 0 Å². The number of ether oxygens (including phenoxy) is 1. The molecule has 0 saturated carbocycles. The number of aromatic nitrogens is 1. The molecule has 3 rings (SSSR count). The molecular formula is C18H20N2O6. The summed E-state index contributed by atoms with van der Waals surface area (Å²) in [6, 6.07) is 11.4. The van der Waals surface area contributed by atoms with Gasteiger partial charge >= 0.3 is 6.09 Å². The van der Waals surface area contributed by atoms with Crippen molar-refractivity contribution in [2.24, 2.45) is 0 Å². The second-order valence-corrected chi connectivity index (χ2v) is 5.79. The van der Waals surface area contributed by atoms with Gasteiger partial charge in [0.2, 0.25) is 11.8 Å². The van der Waals surface area contributed by atoms with E-state index in [1.807, 2.05) is 36.4 Å². The van der Waals surface area contributed by atoms with Gasteiger partial charge in [-0.1, -0.05) is 47.2 Å². The number of nitrogens with one attached hydrogen (secondary N) is 1. The number of benzene rings is 1. The van der Waals surface area contributed by atoms with Crippen molar-refractivity contribution in [3.05, 3.63) is 60.2 Å². The number of nitrogens with zero attached hydrogens (tertiary/aromatic N) is 1. The molecule has 2 unspecified atom stereocenters. The zero-order valence-corrected chi connectivity index (χ0v) is 13.9. The highest BCUT2D eigenvalue weighted by molar-refractivity contribution is 5.68. The molecule has 0 radical (unpaired) electrons. The third-order valence-corrected chi connectivity index (χ3v) is 3.90. The van der Waals surface area contributed by atoms with Crippen LogP contribution in [-0.2, 0) is 16.2 Å². The smallest absolute Gasteiger partial charge is 0.408 e. The van der Waals surface area contributed by atoms with Gasteiger partial charge in [0.25, 0.3) is 0 Å². The lowest BCUT2D eigenvalue weighted by molar-refractivity contribution is -0.329. The van der Waals surface area contributed by atoms with Crippen molar-refractivity contribution in [1.29, 1.82) is 0 Å². The predicted octanol–water partition coefficient (Wildman–Crippen LogP) is 2.27. The van der Waals surface area contributed by atoms with Crippen LogP contribution in [-0.4, -0.2) is 33.2 Å². The third kappa shape index (κ3) is 4.48. The SMILES string of the molecule is O=C(NC1C=CCCC1OOn1c(O)ccc1O)OCc1ccccc1. The Hall–Kier alpha value is -3.13. The van der Waals surface area contributed by atoms with Crippen LogP contribution in [0, 0.1) is 0 Å². The standard InChI is InChI=1S/C18H20N2O6/c21-16-10-11-17(22)20(16)26-25-15-9-5-4-8-14(15)19-18(23)24-12-13-6-2-1-3-7-13/h1-4,6-8,10-11,14-15,21-22H,5,9,12H2,(H,19,23). The summed E-state index contributed by atoms with van der Waals surface area (Å²) in [6.45, 7) is 0.163. The van der Waals surface area contributed by atoms with E-state index in [-0.39, 0.29) is 18.4 Å². The minimum absolute atomic E-state index is 0.163. The van der Waals surface area contributed by atoms with E-state index in [4.69, 9.17) is 14.6 Å². The first kappa shape index (κ1) is 17.7. The highest BCUT2D eigenvalue weighted by atomic mass is 17.3. The van der Waals surface area contributed by atoms with Gasteiger partial charge in [-0.15, -0.1) is 0 Å². The monoisotopic (exact) mass is 360 g/mol. The summed E-state index contributed by atoms with van der Waals surface area (Å²) in [5.74, 6) is -0.610. The fraction of sp³-hybridized carbons (Fsp3) is 0.278. The first-order chi connectivity index (χ1) is 12.6. The highest BCUT2D eigenvalue weighted by Crippen LogP contribution is 2.21. The van der Waals surface area contributed by atoms with Gasteiger partial charge in [-0.25, -0.2) is 9.78 Å². The molecule has 1 heterocycles. The van der Waals surface area contributed by atoms with Gasteiger partial charge in [0, 0.05) is 12.1 Å². The largest absolute Gasteiger partial charge is 0.492 e. The summed E-state index contributed by atoms with van der Waals surface area (Å²) in [5.41, 5.74) is 0.886. The fourth-order valence-electron chi connectivity index (χ4n) is 2.53. The summed E-state index contributed by atoms with van der Waals surface area (Å²) < 4.78 is 5.94. The molecule has 1 aromatic carbocycles. The second-order valence-electron chi connectivity index (χ2n) is 5.79. The zero-order valence-electron chi connectivity index (χ0n) is 13.9. The van der Waals surface area contributed by atoms with E-state index in [2.05, 4.69) is 5.32 Å². The first-order valence-corrected chi connectivity index (χ1v) is 8.21. The lowest BCUT2D eigenvalue weighted by Gasteiger charge is -2.26. The molecule has 0 bridgehead atoms. The van der Waals surface area contributed by atoms with Crippen LogP contribution in [0.3, 0.4) is 0 Å². The van der Waals surface area contributed by atoms with Crippen molar-refractivity contribution < 1.29 is 29.6 Å². The predicted molar refractivity (Wildman–Crippen MR) is 91.1 cm³/mol. The third-order valence-electron chi connectivity index (χ3n) is 3.90. The van der Waals surface area contributed by atoms with E-state index in [1.54, 1.807) is 6.08 Å². The van der Waals surface area contributed by atoms with Crippen LogP contribution in [0.15, 0.2) is 54.6 Å². The first-order valence-electron chi connectivity index (χ1n) is 8.21. The minimum Gasteiger partial charge on any atom is -0.492 e. The normalized spacial score (nSPS) is 19.1. The van der Waals surface area contributed by atoms with Gasteiger partial charge < -0.3 is 20.3 Å². The Bertz CT molecular complexity index is 739. The number of allylic oxidation sites excluding steroid dienone is 1. The molecule has 1 aromatic heterocycles. The molecule has 0 aliphatic heterocycles. The average molecular weight is 360 g/mol. The maximum absolute atomic E-state index is 12.0. The van der Waals surface area contributed by atoms with Gasteiger partial charge in [-0.2, -0.15) is 4.89 Å². The Morgan fingerprint density at radius 3 is 2.62 bits per heavy atom. The number of carbonyl (C=O) groups excluding carboxylic acids is 1. The molecular weight excluding hydrogens is 340 g/mol. The van der Waals surface area contributed by atoms with Crippen LogP contribution in [0.25, 0.3) is 0 Å². The van der Waals surface area contributed by atoms with Gasteiger partial charge in [0.1, 0.15) is 12.7 Å². The number of aromatic hydroxyl groups is 2. The van der Waals surface area contributed by atoms with E-state index in [9.17, 15) is 15.0 Å². The van der Waals surface area contributed by atoms with Gasteiger partial charge in [0.15, 0.2) is 0 Å². The Morgan fingerprint density at radius 1 is 1.15 bits per heavy atom. The van der Waals surface area contributed by atoms with Crippen LogP contribution >= 0.6 is 0 Å².